The second kappa shape index (κ2) is 39.4. The summed E-state index contributed by atoms with van der Waals surface area (Å²) < 4.78 is 176. The van der Waals surface area contributed by atoms with Gasteiger partial charge in [0.15, 0.2) is 0 Å². The van der Waals surface area contributed by atoms with Crippen LogP contribution < -0.4 is 0 Å². The van der Waals surface area contributed by atoms with Gasteiger partial charge in [-0.1, -0.05) is 97.1 Å². The highest BCUT2D eigenvalue weighted by Gasteiger charge is 2.20. The lowest BCUT2D eigenvalue weighted by molar-refractivity contribution is 0.553. The van der Waals surface area contributed by atoms with E-state index in [0.29, 0.717) is 118 Å². The molecule has 0 spiro atoms. The molecular weight excluding hydrogens is 1520 g/mol. The van der Waals surface area contributed by atoms with Crippen molar-refractivity contribution in [2.75, 3.05) is 0 Å². The molecule has 0 bridgehead atoms. The summed E-state index contributed by atoms with van der Waals surface area (Å²) >= 11 is 0. The van der Waals surface area contributed by atoms with E-state index in [1.165, 1.54) is 84.9 Å². The molecular formula is C96H90F12N10. The van der Waals surface area contributed by atoms with Gasteiger partial charge in [-0.05, 0) is 283 Å². The number of hydrogen-bond donors (Lipinski definition) is 0. The SMILES string of the molecule is Cc1cc(-c2ccc(CCc3c(C)cccc3F)cc2F)n(C)n1.Cc1cc(-c2ccc(CCc3c(F)cccc3F)cc2F)n(C)n1.Cc1cc(-c2ccc(CCc3c(F)cccc3F)cc2F)n(C)n1.Cc1cc(-c2ccc(CCc3ccccc3F)c(F)c2)n(C)n1.Cc1cc(-c2ccc(CCc3ccccc3F)cc2F)n(C)n1. The predicted molar refractivity (Wildman–Crippen MR) is 440 cm³/mol. The van der Waals surface area contributed by atoms with E-state index in [4.69, 9.17) is 0 Å². The molecule has 0 unspecified atom stereocenters. The van der Waals surface area contributed by atoms with Gasteiger partial charge in [-0.2, -0.15) is 25.5 Å². The number of aromatic nitrogens is 10. The second-order valence-corrected chi connectivity index (χ2v) is 29.2. The van der Waals surface area contributed by atoms with E-state index in [-0.39, 0.29) is 70.5 Å². The molecule has 0 aliphatic rings. The van der Waals surface area contributed by atoms with Crippen molar-refractivity contribution >= 4 is 0 Å². The summed E-state index contributed by atoms with van der Waals surface area (Å²) in [5.74, 6) is -4.50. The Kier molecular flexibility index (Phi) is 28.8. The monoisotopic (exact) mass is 1610 g/mol. The van der Waals surface area contributed by atoms with E-state index in [1.807, 2.05) is 109 Å². The largest absolute Gasteiger partial charge is 0.268 e. The quantitative estimate of drug-likeness (QED) is 0.0709. The van der Waals surface area contributed by atoms with E-state index in [9.17, 15) is 52.7 Å². The first-order valence-electron chi connectivity index (χ1n) is 38.5. The molecule has 0 saturated heterocycles. The summed E-state index contributed by atoms with van der Waals surface area (Å²) in [6, 6.07) is 60.5. The van der Waals surface area contributed by atoms with Gasteiger partial charge in [0.25, 0.3) is 0 Å². The zero-order chi connectivity index (χ0) is 84.6. The van der Waals surface area contributed by atoms with Gasteiger partial charge in [-0.25, -0.2) is 52.7 Å². The van der Waals surface area contributed by atoms with E-state index >= 15 is 0 Å². The first-order chi connectivity index (χ1) is 56.4. The molecule has 10 aromatic carbocycles. The third-order valence-corrected chi connectivity index (χ3v) is 20.3. The molecule has 0 saturated carbocycles. The number of halogens is 12. The number of aryl methyl sites for hydroxylation is 18. The Hall–Kier alpha value is -12.6. The molecule has 5 aromatic heterocycles. The first-order valence-corrected chi connectivity index (χ1v) is 38.5. The van der Waals surface area contributed by atoms with Crippen molar-refractivity contribution in [3.63, 3.8) is 0 Å². The lowest BCUT2D eigenvalue weighted by atomic mass is 9.99. The summed E-state index contributed by atoms with van der Waals surface area (Å²) in [6.45, 7) is 11.3. The second-order valence-electron chi connectivity index (χ2n) is 29.2. The predicted octanol–water partition coefficient (Wildman–Crippen LogP) is 22.9. The molecule has 0 aliphatic carbocycles. The molecule has 15 aromatic rings. The average molecular weight is 1610 g/mol. The minimum atomic E-state index is -0.572. The van der Waals surface area contributed by atoms with Gasteiger partial charge in [0.1, 0.15) is 69.8 Å². The summed E-state index contributed by atoms with van der Waals surface area (Å²) in [4.78, 5) is 0. The maximum atomic E-state index is 14.5. The first kappa shape index (κ1) is 86.3. The molecule has 10 nitrogen and oxygen atoms in total. The van der Waals surface area contributed by atoms with Gasteiger partial charge in [0.05, 0.1) is 56.9 Å². The Morgan fingerprint density at radius 2 is 0.475 bits per heavy atom. The fraction of sp³-hybridized carbons (Fsp3) is 0.219. The van der Waals surface area contributed by atoms with Crippen molar-refractivity contribution in [2.24, 2.45) is 35.2 Å². The molecule has 0 radical (unpaired) electrons. The molecule has 0 fully saturated rings. The van der Waals surface area contributed by atoms with Crippen LogP contribution in [0.25, 0.3) is 56.3 Å². The molecule has 0 N–H and O–H groups in total. The van der Waals surface area contributed by atoms with Crippen LogP contribution in [0.15, 0.2) is 224 Å². The van der Waals surface area contributed by atoms with Crippen LogP contribution in [0.4, 0.5) is 52.7 Å². The Bertz CT molecular complexity index is 5600. The Morgan fingerprint density at radius 1 is 0.212 bits per heavy atom. The van der Waals surface area contributed by atoms with Crippen LogP contribution in [-0.2, 0) is 99.4 Å². The number of hydrogen-bond acceptors (Lipinski definition) is 5. The van der Waals surface area contributed by atoms with Crippen molar-refractivity contribution in [1.29, 1.82) is 0 Å². The van der Waals surface area contributed by atoms with Crippen LogP contribution in [0.2, 0.25) is 0 Å². The van der Waals surface area contributed by atoms with Gasteiger partial charge in [0, 0.05) is 74.2 Å². The number of rotatable bonds is 20. The molecule has 0 amide bonds. The maximum Gasteiger partial charge on any atom is 0.132 e. The topological polar surface area (TPSA) is 89.1 Å². The van der Waals surface area contributed by atoms with Crippen molar-refractivity contribution in [1.82, 2.24) is 48.9 Å². The van der Waals surface area contributed by atoms with Crippen LogP contribution in [0.1, 0.15) is 89.7 Å². The Labute approximate surface area is 679 Å². The molecule has 22 heteroatoms. The van der Waals surface area contributed by atoms with Gasteiger partial charge < -0.3 is 0 Å². The highest BCUT2D eigenvalue weighted by atomic mass is 19.2. The van der Waals surface area contributed by atoms with Crippen LogP contribution in [0, 0.1) is 111 Å². The molecule has 0 aliphatic heterocycles. The van der Waals surface area contributed by atoms with Gasteiger partial charge >= 0.3 is 0 Å². The zero-order valence-corrected chi connectivity index (χ0v) is 67.4. The minimum absolute atomic E-state index is 0.0317. The van der Waals surface area contributed by atoms with Crippen LogP contribution in [-0.4, -0.2) is 48.9 Å². The molecule has 15 rings (SSSR count). The minimum Gasteiger partial charge on any atom is -0.268 e. The Balaban J connectivity index is 0.000000145. The van der Waals surface area contributed by atoms with Gasteiger partial charge in [-0.3, -0.25) is 23.4 Å². The highest BCUT2D eigenvalue weighted by Crippen LogP contribution is 2.32. The summed E-state index contributed by atoms with van der Waals surface area (Å²) in [5.41, 5.74) is 17.4. The lowest BCUT2D eigenvalue weighted by Gasteiger charge is -2.09. The molecule has 0 atom stereocenters. The molecule has 118 heavy (non-hydrogen) atoms. The van der Waals surface area contributed by atoms with Crippen LogP contribution in [0.3, 0.4) is 0 Å². The Morgan fingerprint density at radius 3 is 0.763 bits per heavy atom. The van der Waals surface area contributed by atoms with E-state index in [1.54, 1.807) is 130 Å². The van der Waals surface area contributed by atoms with E-state index in [0.717, 1.165) is 67.8 Å². The third-order valence-electron chi connectivity index (χ3n) is 20.3. The summed E-state index contributed by atoms with van der Waals surface area (Å²) in [6.07, 6.45) is 4.35. The highest BCUT2D eigenvalue weighted by molar-refractivity contribution is 5.65. The smallest absolute Gasteiger partial charge is 0.132 e. The van der Waals surface area contributed by atoms with Crippen LogP contribution >= 0.6 is 0 Å². The average Bonchev–Trinajstić information content (AvgIpc) is 1.34. The van der Waals surface area contributed by atoms with Crippen molar-refractivity contribution in [2.45, 2.75) is 106 Å². The van der Waals surface area contributed by atoms with Gasteiger partial charge in [-0.15, -0.1) is 0 Å². The zero-order valence-electron chi connectivity index (χ0n) is 67.4. The number of nitrogens with zero attached hydrogens (tertiary/aromatic N) is 10. The normalized spacial score (nSPS) is 11.0. The maximum absolute atomic E-state index is 14.5. The molecule has 5 heterocycles. The third kappa shape index (κ3) is 22.1. The van der Waals surface area contributed by atoms with E-state index in [2.05, 4.69) is 25.5 Å². The fourth-order valence-electron chi connectivity index (χ4n) is 14.2. The van der Waals surface area contributed by atoms with Crippen LogP contribution in [0.5, 0.6) is 0 Å². The van der Waals surface area contributed by atoms with Crippen molar-refractivity contribution < 1.29 is 52.7 Å². The molecule has 608 valence electrons. The summed E-state index contributed by atoms with van der Waals surface area (Å²) in [5, 5.41) is 21.2. The van der Waals surface area contributed by atoms with E-state index < -0.39 is 23.3 Å². The van der Waals surface area contributed by atoms with Crippen molar-refractivity contribution in [3.05, 3.63) is 384 Å². The van der Waals surface area contributed by atoms with Crippen molar-refractivity contribution in [3.8, 4) is 56.3 Å². The summed E-state index contributed by atoms with van der Waals surface area (Å²) in [7, 11) is 8.96. The number of benzene rings is 10. The lowest BCUT2D eigenvalue weighted by Crippen LogP contribution is -2.00. The standard InChI is InChI=1S/C20H20F2N2.2C19H17F3N2.2C19H18F2N2/c1-13-5-4-6-18(21)16(13)9-7-15-8-10-17(19(22)12-15)20-11-14(2)23-24(20)3;2*1-12-10-19(24(2)23-12)15-9-7-13(11-18(15)22)6-8-14-16(20)4-3-5-17(14)21;1-13-11-19(23(2)22-13)16-10-8-14(12-18(16)21)7-9-15-5-3-4-6-17(15)20;1-13-11-19(23(2)22-13)16-10-9-15(18(21)12-16)8-7-14-5-3-4-6-17(14)20/h4-6,8,10-12H,7,9H2,1-3H3;2*3-5,7,9-11H,6,8H2,1-2H3;3-6,8,10-12H,7,9H2,1-2H3;3-6,9-12H,7-8H2,1-2H3. The van der Waals surface area contributed by atoms with Gasteiger partial charge in [0.2, 0.25) is 0 Å². The fourth-order valence-corrected chi connectivity index (χ4v) is 14.2.